The van der Waals surface area contributed by atoms with Crippen LogP contribution in [0.4, 0.5) is 0 Å². The second-order valence-electron chi connectivity index (χ2n) is 4.89. The van der Waals surface area contributed by atoms with Gasteiger partial charge >= 0.3 is 0 Å². The van der Waals surface area contributed by atoms with Crippen LogP contribution in [-0.2, 0) is 11.8 Å². The Hall–Kier alpha value is -0.890. The average molecular weight is 233 g/mol. The minimum atomic E-state index is 0.274. The summed E-state index contributed by atoms with van der Waals surface area (Å²) >= 11 is 1.92. The summed E-state index contributed by atoms with van der Waals surface area (Å²) in [5.41, 5.74) is 2.87. The third-order valence-electron chi connectivity index (χ3n) is 3.43. The van der Waals surface area contributed by atoms with E-state index in [4.69, 9.17) is 0 Å². The van der Waals surface area contributed by atoms with Gasteiger partial charge in [-0.15, -0.1) is 11.3 Å². The van der Waals surface area contributed by atoms with Crippen molar-refractivity contribution < 1.29 is 0 Å². The van der Waals surface area contributed by atoms with Crippen molar-refractivity contribution in [2.24, 2.45) is 0 Å². The number of nitrogens with zero attached hydrogens (tertiary/aromatic N) is 1. The molecule has 16 heavy (non-hydrogen) atoms. The molecule has 0 amide bonds. The molecule has 0 aliphatic carbocycles. The highest BCUT2D eigenvalue weighted by Crippen LogP contribution is 2.37. The summed E-state index contributed by atoms with van der Waals surface area (Å²) in [4.78, 5) is 5.93. The Bertz CT molecular complexity index is 496. The van der Waals surface area contributed by atoms with E-state index in [0.717, 1.165) is 6.42 Å². The van der Waals surface area contributed by atoms with Crippen LogP contribution in [0.25, 0.3) is 10.2 Å². The van der Waals surface area contributed by atoms with Gasteiger partial charge < -0.3 is 0 Å². The average Bonchev–Trinajstić information content (AvgIpc) is 2.73. The lowest BCUT2D eigenvalue weighted by atomic mass is 9.88. The predicted octanol–water partition coefficient (Wildman–Crippen LogP) is 4.55. The van der Waals surface area contributed by atoms with E-state index in [9.17, 15) is 0 Å². The molecular weight excluding hydrogens is 214 g/mol. The van der Waals surface area contributed by atoms with Crippen molar-refractivity contribution in [1.82, 2.24) is 4.98 Å². The molecule has 1 nitrogen and oxygen atoms in total. The molecule has 0 unspecified atom stereocenters. The zero-order valence-electron chi connectivity index (χ0n) is 10.5. The molecule has 0 bridgehead atoms. The fourth-order valence-corrected chi connectivity index (χ4v) is 3.15. The second-order valence-corrected chi connectivity index (χ2v) is 5.94. The Morgan fingerprint density at radius 1 is 1.31 bits per heavy atom. The molecule has 2 aromatic rings. The first-order valence-electron chi connectivity index (χ1n) is 5.96. The molecule has 0 radical (unpaired) electrons. The Morgan fingerprint density at radius 2 is 2.06 bits per heavy atom. The smallest absolute Gasteiger partial charge is 0.0815 e. The number of aromatic nitrogens is 1. The van der Waals surface area contributed by atoms with Crippen LogP contribution in [0.3, 0.4) is 0 Å². The van der Waals surface area contributed by atoms with E-state index < -0.39 is 0 Å². The summed E-state index contributed by atoms with van der Waals surface area (Å²) in [5, 5.41) is 0. The molecule has 0 fully saturated rings. The zero-order valence-corrected chi connectivity index (χ0v) is 11.3. The normalized spacial score (nSPS) is 12.2. The van der Waals surface area contributed by atoms with Gasteiger partial charge in [0.15, 0.2) is 0 Å². The molecule has 0 saturated heterocycles. The standard InChI is InChI=1S/C14H19NS/c1-5-10-7-8-15-11-9-12(16-13(10)11)14(3,4)6-2/h7-9H,5-6H2,1-4H3. The molecule has 0 aromatic carbocycles. The van der Waals surface area contributed by atoms with Crippen molar-refractivity contribution in [3.63, 3.8) is 0 Å². The summed E-state index contributed by atoms with van der Waals surface area (Å²) in [7, 11) is 0. The van der Waals surface area contributed by atoms with E-state index in [2.05, 4.69) is 44.8 Å². The lowest BCUT2D eigenvalue weighted by Gasteiger charge is -2.20. The van der Waals surface area contributed by atoms with Gasteiger partial charge in [-0.25, -0.2) is 0 Å². The highest BCUT2D eigenvalue weighted by molar-refractivity contribution is 7.19. The van der Waals surface area contributed by atoms with Gasteiger partial charge in [0.25, 0.3) is 0 Å². The highest BCUT2D eigenvalue weighted by atomic mass is 32.1. The van der Waals surface area contributed by atoms with Crippen LogP contribution in [0.2, 0.25) is 0 Å². The molecule has 0 atom stereocenters. The van der Waals surface area contributed by atoms with Crippen LogP contribution < -0.4 is 0 Å². The van der Waals surface area contributed by atoms with Crippen molar-refractivity contribution in [2.75, 3.05) is 0 Å². The zero-order chi connectivity index (χ0) is 11.8. The number of thiophene rings is 1. The third-order valence-corrected chi connectivity index (χ3v) is 4.99. The van der Waals surface area contributed by atoms with Crippen LogP contribution in [0, 0.1) is 0 Å². The van der Waals surface area contributed by atoms with E-state index in [0.29, 0.717) is 0 Å². The summed E-state index contributed by atoms with van der Waals surface area (Å²) in [6.07, 6.45) is 4.18. The number of pyridine rings is 1. The maximum Gasteiger partial charge on any atom is 0.0815 e. The van der Waals surface area contributed by atoms with E-state index in [1.54, 1.807) is 0 Å². The summed E-state index contributed by atoms with van der Waals surface area (Å²) in [5.74, 6) is 0. The molecule has 2 heterocycles. The molecule has 0 spiro atoms. The third kappa shape index (κ3) is 1.86. The minimum absolute atomic E-state index is 0.274. The number of aryl methyl sites for hydroxylation is 1. The minimum Gasteiger partial charge on any atom is -0.255 e. The first kappa shape index (κ1) is 11.6. The van der Waals surface area contributed by atoms with E-state index in [1.807, 2.05) is 17.5 Å². The quantitative estimate of drug-likeness (QED) is 0.758. The first-order chi connectivity index (χ1) is 7.58. The predicted molar refractivity (Wildman–Crippen MR) is 72.3 cm³/mol. The van der Waals surface area contributed by atoms with Crippen molar-refractivity contribution in [3.05, 3.63) is 28.8 Å². The van der Waals surface area contributed by atoms with Gasteiger partial charge in [-0.05, 0) is 36.0 Å². The van der Waals surface area contributed by atoms with Crippen molar-refractivity contribution in [3.8, 4) is 0 Å². The largest absolute Gasteiger partial charge is 0.255 e. The van der Waals surface area contributed by atoms with Gasteiger partial charge in [0, 0.05) is 11.1 Å². The van der Waals surface area contributed by atoms with E-state index in [1.165, 1.54) is 27.1 Å². The Balaban J connectivity index is 2.60. The Morgan fingerprint density at radius 3 is 2.69 bits per heavy atom. The van der Waals surface area contributed by atoms with Gasteiger partial charge in [0.05, 0.1) is 10.2 Å². The monoisotopic (exact) mass is 233 g/mol. The van der Waals surface area contributed by atoms with Crippen LogP contribution in [0.15, 0.2) is 18.3 Å². The molecule has 0 N–H and O–H groups in total. The fourth-order valence-electron chi connectivity index (χ4n) is 1.78. The van der Waals surface area contributed by atoms with Crippen molar-refractivity contribution in [1.29, 1.82) is 0 Å². The van der Waals surface area contributed by atoms with E-state index >= 15 is 0 Å². The fraction of sp³-hybridized carbons (Fsp3) is 0.500. The molecule has 0 aliphatic heterocycles. The van der Waals surface area contributed by atoms with Crippen LogP contribution in [-0.4, -0.2) is 4.98 Å². The topological polar surface area (TPSA) is 12.9 Å². The molecular formula is C14H19NS. The molecule has 2 heteroatoms. The van der Waals surface area contributed by atoms with Gasteiger partial charge in [-0.2, -0.15) is 0 Å². The molecule has 2 rings (SSSR count). The Labute approximate surface area is 102 Å². The van der Waals surface area contributed by atoms with Gasteiger partial charge in [-0.3, -0.25) is 4.98 Å². The van der Waals surface area contributed by atoms with Gasteiger partial charge in [0.2, 0.25) is 0 Å². The number of rotatable bonds is 3. The van der Waals surface area contributed by atoms with Gasteiger partial charge in [0.1, 0.15) is 0 Å². The maximum atomic E-state index is 4.47. The summed E-state index contributed by atoms with van der Waals surface area (Å²) in [6.45, 7) is 9.07. The number of fused-ring (bicyclic) bond motifs is 1. The van der Waals surface area contributed by atoms with Crippen LogP contribution in [0.1, 0.15) is 44.6 Å². The lowest BCUT2D eigenvalue weighted by molar-refractivity contribution is 0.517. The SMILES string of the molecule is CCc1ccnc2cc(C(C)(C)CC)sc12. The highest BCUT2D eigenvalue weighted by Gasteiger charge is 2.21. The summed E-state index contributed by atoms with van der Waals surface area (Å²) in [6, 6.07) is 4.41. The van der Waals surface area contributed by atoms with Crippen molar-refractivity contribution in [2.45, 2.75) is 46.0 Å². The lowest BCUT2D eigenvalue weighted by Crippen LogP contribution is -2.12. The molecule has 2 aromatic heterocycles. The number of hydrogen-bond acceptors (Lipinski definition) is 2. The summed E-state index contributed by atoms with van der Waals surface area (Å²) < 4.78 is 1.38. The van der Waals surface area contributed by atoms with E-state index in [-0.39, 0.29) is 5.41 Å². The Kier molecular flexibility index (Phi) is 3.02. The van der Waals surface area contributed by atoms with Crippen molar-refractivity contribution >= 4 is 21.6 Å². The number of hydrogen-bond donors (Lipinski definition) is 0. The maximum absolute atomic E-state index is 4.47. The van der Waals surface area contributed by atoms with Crippen LogP contribution in [0.5, 0.6) is 0 Å². The van der Waals surface area contributed by atoms with Crippen LogP contribution >= 0.6 is 11.3 Å². The van der Waals surface area contributed by atoms with Gasteiger partial charge in [-0.1, -0.05) is 27.7 Å². The molecule has 86 valence electrons. The molecule has 0 saturated carbocycles. The second kappa shape index (κ2) is 4.17. The first-order valence-corrected chi connectivity index (χ1v) is 6.78. The molecule has 0 aliphatic rings.